The molecule has 0 bridgehead atoms. The molecule has 0 spiro atoms. The van der Waals surface area contributed by atoms with Gasteiger partial charge in [0.2, 0.25) is 0 Å². The summed E-state index contributed by atoms with van der Waals surface area (Å²) < 4.78 is 0. The number of aliphatic hydroxyl groups excluding tert-OH is 1. The average molecular weight is 317 g/mol. The molecule has 1 unspecified atom stereocenters. The monoisotopic (exact) mass is 316 g/mol. The van der Waals surface area contributed by atoms with Crippen LogP contribution in [0.25, 0.3) is 0 Å². The van der Waals surface area contributed by atoms with E-state index >= 15 is 0 Å². The van der Waals surface area contributed by atoms with E-state index in [2.05, 4.69) is 4.90 Å². The Hall–Kier alpha value is -0.810. The number of piperazine rings is 1. The predicted molar refractivity (Wildman–Crippen MR) is 80.0 cm³/mol. The number of carbonyl (C=O) groups excluding carboxylic acids is 1. The number of rotatable bonds is 3. The fraction of sp³-hybridized carbons (Fsp3) is 0.500. The molecule has 2 rings (SSSR count). The molecule has 1 N–H and O–H groups in total. The van der Waals surface area contributed by atoms with Gasteiger partial charge in [-0.05, 0) is 24.6 Å². The molecule has 20 heavy (non-hydrogen) atoms. The first-order chi connectivity index (χ1) is 9.47. The summed E-state index contributed by atoms with van der Waals surface area (Å²) in [4.78, 5) is 15.6. The molecule has 1 aliphatic heterocycles. The Morgan fingerprint density at radius 3 is 2.50 bits per heavy atom. The lowest BCUT2D eigenvalue weighted by Gasteiger charge is -2.35. The number of hydrogen-bond acceptors (Lipinski definition) is 3. The fourth-order valence-corrected chi connectivity index (χ4v) is 2.75. The molecule has 1 fully saturated rings. The van der Waals surface area contributed by atoms with Crippen LogP contribution in [0.4, 0.5) is 0 Å². The highest BCUT2D eigenvalue weighted by Gasteiger charge is 2.23. The van der Waals surface area contributed by atoms with Crippen molar-refractivity contribution < 1.29 is 9.90 Å². The Morgan fingerprint density at radius 1 is 1.30 bits per heavy atom. The first-order valence-electron chi connectivity index (χ1n) is 6.60. The van der Waals surface area contributed by atoms with E-state index < -0.39 is 6.10 Å². The Morgan fingerprint density at radius 2 is 1.95 bits per heavy atom. The maximum absolute atomic E-state index is 11.7. The molecule has 0 aromatic heterocycles. The summed E-state index contributed by atoms with van der Waals surface area (Å²) >= 11 is 12.0. The summed E-state index contributed by atoms with van der Waals surface area (Å²) in [6, 6.07) is 5.50. The fourth-order valence-electron chi connectivity index (χ4n) is 2.28. The standard InChI is InChI=1S/C14H18Cl2N2O2/c1-10(19)14(20)18-6-4-17(5-7-18)9-11-2-3-12(15)8-13(11)16/h2-3,8,10,19H,4-7,9H2,1H3. The van der Waals surface area contributed by atoms with Crippen molar-refractivity contribution in [3.8, 4) is 0 Å². The van der Waals surface area contributed by atoms with Crippen LogP contribution in [0.2, 0.25) is 10.0 Å². The quantitative estimate of drug-likeness (QED) is 0.927. The van der Waals surface area contributed by atoms with E-state index in [4.69, 9.17) is 23.2 Å². The number of aliphatic hydroxyl groups is 1. The van der Waals surface area contributed by atoms with Crippen molar-refractivity contribution >= 4 is 29.1 Å². The topological polar surface area (TPSA) is 43.8 Å². The van der Waals surface area contributed by atoms with Gasteiger partial charge in [0.15, 0.2) is 0 Å². The summed E-state index contributed by atoms with van der Waals surface area (Å²) in [5, 5.41) is 10.6. The van der Waals surface area contributed by atoms with E-state index in [1.807, 2.05) is 12.1 Å². The number of halogens is 2. The van der Waals surface area contributed by atoms with Gasteiger partial charge in [-0.1, -0.05) is 29.3 Å². The first kappa shape index (κ1) is 15.6. The molecule has 1 aliphatic rings. The molecule has 0 radical (unpaired) electrons. The van der Waals surface area contributed by atoms with Crippen LogP contribution >= 0.6 is 23.2 Å². The van der Waals surface area contributed by atoms with Crippen LogP contribution in [0.3, 0.4) is 0 Å². The molecule has 1 amide bonds. The molecule has 0 saturated carbocycles. The highest BCUT2D eigenvalue weighted by Crippen LogP contribution is 2.22. The SMILES string of the molecule is CC(O)C(=O)N1CCN(Cc2ccc(Cl)cc2Cl)CC1. The zero-order chi connectivity index (χ0) is 14.7. The predicted octanol–water partition coefficient (Wildman–Crippen LogP) is 2.02. The Kier molecular flexibility index (Phi) is 5.27. The van der Waals surface area contributed by atoms with Crippen LogP contribution in [0.1, 0.15) is 12.5 Å². The van der Waals surface area contributed by atoms with Crippen LogP contribution in [-0.4, -0.2) is 53.1 Å². The van der Waals surface area contributed by atoms with Gasteiger partial charge in [-0.2, -0.15) is 0 Å². The van der Waals surface area contributed by atoms with Gasteiger partial charge in [-0.25, -0.2) is 0 Å². The van der Waals surface area contributed by atoms with Crippen molar-refractivity contribution in [3.05, 3.63) is 33.8 Å². The molecule has 6 heteroatoms. The van der Waals surface area contributed by atoms with Crippen molar-refractivity contribution in [1.29, 1.82) is 0 Å². The van der Waals surface area contributed by atoms with E-state index in [1.54, 1.807) is 11.0 Å². The molecule has 1 aromatic rings. The minimum Gasteiger partial charge on any atom is -0.384 e. The molecule has 0 aliphatic carbocycles. The average Bonchev–Trinajstić information content (AvgIpc) is 2.42. The Balaban J connectivity index is 1.90. The van der Waals surface area contributed by atoms with Crippen molar-refractivity contribution in [3.63, 3.8) is 0 Å². The summed E-state index contributed by atoms with van der Waals surface area (Å²) in [5.74, 6) is -0.200. The molecule has 1 aromatic carbocycles. The second-order valence-electron chi connectivity index (χ2n) is 5.01. The number of amides is 1. The van der Waals surface area contributed by atoms with E-state index in [1.165, 1.54) is 6.92 Å². The number of carbonyl (C=O) groups is 1. The Bertz CT molecular complexity index is 486. The summed E-state index contributed by atoms with van der Waals surface area (Å²) in [7, 11) is 0. The Labute approximate surface area is 128 Å². The summed E-state index contributed by atoms with van der Waals surface area (Å²) in [6.07, 6.45) is -0.924. The van der Waals surface area contributed by atoms with Gasteiger partial charge in [0.25, 0.3) is 5.91 Å². The summed E-state index contributed by atoms with van der Waals surface area (Å²) in [6.45, 7) is 5.06. The number of benzene rings is 1. The molecule has 1 saturated heterocycles. The van der Waals surface area contributed by atoms with Crippen LogP contribution in [0, 0.1) is 0 Å². The smallest absolute Gasteiger partial charge is 0.251 e. The van der Waals surface area contributed by atoms with Gasteiger partial charge >= 0.3 is 0 Å². The lowest BCUT2D eigenvalue weighted by atomic mass is 10.2. The highest BCUT2D eigenvalue weighted by molar-refractivity contribution is 6.35. The second kappa shape index (κ2) is 6.76. The maximum Gasteiger partial charge on any atom is 0.251 e. The normalized spacial score (nSPS) is 18.1. The summed E-state index contributed by atoms with van der Waals surface area (Å²) in [5.41, 5.74) is 1.03. The largest absolute Gasteiger partial charge is 0.384 e. The third-order valence-electron chi connectivity index (χ3n) is 3.45. The third-order valence-corrected chi connectivity index (χ3v) is 4.04. The van der Waals surface area contributed by atoms with Crippen molar-refractivity contribution in [2.45, 2.75) is 19.6 Å². The van der Waals surface area contributed by atoms with E-state index in [9.17, 15) is 9.90 Å². The highest BCUT2D eigenvalue weighted by atomic mass is 35.5. The lowest BCUT2D eigenvalue weighted by molar-refractivity contribution is -0.141. The zero-order valence-corrected chi connectivity index (χ0v) is 12.9. The van der Waals surface area contributed by atoms with Crippen LogP contribution in [0.5, 0.6) is 0 Å². The van der Waals surface area contributed by atoms with Gasteiger partial charge in [0.1, 0.15) is 6.10 Å². The maximum atomic E-state index is 11.7. The molecule has 110 valence electrons. The van der Waals surface area contributed by atoms with Crippen LogP contribution in [0.15, 0.2) is 18.2 Å². The van der Waals surface area contributed by atoms with E-state index in [0.717, 1.165) is 25.2 Å². The molecule has 4 nitrogen and oxygen atoms in total. The molecule has 1 heterocycles. The van der Waals surface area contributed by atoms with E-state index in [0.29, 0.717) is 23.1 Å². The van der Waals surface area contributed by atoms with Crippen LogP contribution < -0.4 is 0 Å². The number of nitrogens with zero attached hydrogens (tertiary/aromatic N) is 2. The van der Waals surface area contributed by atoms with Crippen LogP contribution in [-0.2, 0) is 11.3 Å². The van der Waals surface area contributed by atoms with Gasteiger partial charge in [0, 0.05) is 42.8 Å². The lowest BCUT2D eigenvalue weighted by Crippen LogP contribution is -2.50. The second-order valence-corrected chi connectivity index (χ2v) is 5.86. The van der Waals surface area contributed by atoms with Gasteiger partial charge < -0.3 is 10.0 Å². The first-order valence-corrected chi connectivity index (χ1v) is 7.36. The number of hydrogen-bond donors (Lipinski definition) is 1. The molecular weight excluding hydrogens is 299 g/mol. The minimum atomic E-state index is -0.924. The van der Waals surface area contributed by atoms with Crippen molar-refractivity contribution in [2.75, 3.05) is 26.2 Å². The zero-order valence-electron chi connectivity index (χ0n) is 11.4. The van der Waals surface area contributed by atoms with Gasteiger partial charge in [-0.3, -0.25) is 9.69 Å². The minimum absolute atomic E-state index is 0.200. The van der Waals surface area contributed by atoms with Gasteiger partial charge in [-0.15, -0.1) is 0 Å². The van der Waals surface area contributed by atoms with Crippen molar-refractivity contribution in [2.24, 2.45) is 0 Å². The van der Waals surface area contributed by atoms with Crippen molar-refractivity contribution in [1.82, 2.24) is 9.80 Å². The molecule has 1 atom stereocenters. The van der Waals surface area contributed by atoms with Gasteiger partial charge in [0.05, 0.1) is 0 Å². The third kappa shape index (κ3) is 3.85. The van der Waals surface area contributed by atoms with E-state index in [-0.39, 0.29) is 5.91 Å². The molecular formula is C14H18Cl2N2O2.